The number of fused-ring (bicyclic) bond motifs is 1. The SMILES string of the molecule is FC1(F)CCC(Cn2ncc3ncc(Cl)nc32)CC1. The Hall–Kier alpha value is -1.30. The Morgan fingerprint density at radius 2 is 2.05 bits per heavy atom. The first-order valence-corrected chi connectivity index (χ1v) is 6.63. The zero-order chi connectivity index (χ0) is 13.5. The van der Waals surface area contributed by atoms with Crippen molar-refractivity contribution in [2.45, 2.75) is 38.2 Å². The zero-order valence-corrected chi connectivity index (χ0v) is 10.9. The van der Waals surface area contributed by atoms with E-state index in [9.17, 15) is 8.78 Å². The molecule has 0 amide bonds. The molecule has 0 atom stereocenters. The Bertz CT molecular complexity index is 588. The standard InChI is InChI=1S/C12H13ClF2N4/c13-10-6-16-9-5-17-19(11(9)18-10)7-8-1-3-12(14,15)4-2-8/h5-6,8H,1-4,7H2. The summed E-state index contributed by atoms with van der Waals surface area (Å²) in [5.41, 5.74) is 1.29. The smallest absolute Gasteiger partial charge is 0.248 e. The lowest BCUT2D eigenvalue weighted by atomic mass is 9.87. The van der Waals surface area contributed by atoms with Gasteiger partial charge in [-0.25, -0.2) is 23.4 Å². The van der Waals surface area contributed by atoms with Crippen LogP contribution in [0.15, 0.2) is 12.4 Å². The maximum absolute atomic E-state index is 13.1. The van der Waals surface area contributed by atoms with Crippen molar-refractivity contribution in [1.82, 2.24) is 19.7 Å². The van der Waals surface area contributed by atoms with Gasteiger partial charge in [-0.3, -0.25) is 0 Å². The van der Waals surface area contributed by atoms with Crippen LogP contribution in [0, 0.1) is 5.92 Å². The average Bonchev–Trinajstić information content (AvgIpc) is 2.75. The average molecular weight is 287 g/mol. The molecule has 102 valence electrons. The van der Waals surface area contributed by atoms with E-state index in [-0.39, 0.29) is 18.8 Å². The van der Waals surface area contributed by atoms with Crippen LogP contribution in [0.2, 0.25) is 5.15 Å². The number of nitrogens with zero attached hydrogens (tertiary/aromatic N) is 4. The summed E-state index contributed by atoms with van der Waals surface area (Å²) in [5.74, 6) is -2.28. The Morgan fingerprint density at radius 3 is 2.79 bits per heavy atom. The van der Waals surface area contributed by atoms with E-state index < -0.39 is 5.92 Å². The van der Waals surface area contributed by atoms with Crippen LogP contribution in [0.3, 0.4) is 0 Å². The summed E-state index contributed by atoms with van der Waals surface area (Å²) < 4.78 is 27.9. The maximum atomic E-state index is 13.1. The van der Waals surface area contributed by atoms with Crippen molar-refractivity contribution in [3.05, 3.63) is 17.5 Å². The van der Waals surface area contributed by atoms with Crippen LogP contribution in [0.4, 0.5) is 8.78 Å². The minimum Gasteiger partial charge on any atom is -0.248 e. The summed E-state index contributed by atoms with van der Waals surface area (Å²) in [6.45, 7) is 0.592. The van der Waals surface area contributed by atoms with Crippen LogP contribution in [0.1, 0.15) is 25.7 Å². The molecule has 0 N–H and O–H groups in total. The molecular weight excluding hydrogens is 274 g/mol. The number of halogens is 3. The molecular formula is C12H13ClF2N4. The van der Waals surface area contributed by atoms with Gasteiger partial charge in [0, 0.05) is 19.4 Å². The van der Waals surface area contributed by atoms with E-state index in [0.29, 0.717) is 35.7 Å². The summed E-state index contributed by atoms with van der Waals surface area (Å²) in [5, 5.41) is 4.52. The van der Waals surface area contributed by atoms with Crippen molar-refractivity contribution >= 4 is 22.8 Å². The van der Waals surface area contributed by atoms with E-state index in [4.69, 9.17) is 11.6 Å². The number of hydrogen-bond donors (Lipinski definition) is 0. The maximum Gasteiger partial charge on any atom is 0.248 e. The van der Waals surface area contributed by atoms with Gasteiger partial charge in [-0.05, 0) is 18.8 Å². The fourth-order valence-electron chi connectivity index (χ4n) is 2.49. The van der Waals surface area contributed by atoms with Crippen molar-refractivity contribution < 1.29 is 8.78 Å². The summed E-state index contributed by atoms with van der Waals surface area (Å²) in [6, 6.07) is 0. The molecule has 4 nitrogen and oxygen atoms in total. The molecule has 1 saturated carbocycles. The second-order valence-electron chi connectivity index (χ2n) is 5.03. The third-order valence-electron chi connectivity index (χ3n) is 3.58. The largest absolute Gasteiger partial charge is 0.248 e. The van der Waals surface area contributed by atoms with E-state index in [0.717, 1.165) is 0 Å². The zero-order valence-electron chi connectivity index (χ0n) is 10.2. The van der Waals surface area contributed by atoms with Gasteiger partial charge < -0.3 is 0 Å². The molecule has 0 unspecified atom stereocenters. The Kier molecular flexibility index (Phi) is 3.12. The highest BCUT2D eigenvalue weighted by Gasteiger charge is 2.35. The van der Waals surface area contributed by atoms with Gasteiger partial charge in [0.2, 0.25) is 5.92 Å². The number of rotatable bonds is 2. The van der Waals surface area contributed by atoms with E-state index in [1.807, 2.05) is 0 Å². The number of hydrogen-bond acceptors (Lipinski definition) is 3. The lowest BCUT2D eigenvalue weighted by molar-refractivity contribution is -0.0475. The second-order valence-corrected chi connectivity index (χ2v) is 5.41. The Balaban J connectivity index is 1.77. The predicted molar refractivity (Wildman–Crippen MR) is 67.2 cm³/mol. The topological polar surface area (TPSA) is 43.6 Å². The van der Waals surface area contributed by atoms with Crippen LogP contribution in [0.25, 0.3) is 11.2 Å². The first-order chi connectivity index (χ1) is 9.03. The van der Waals surface area contributed by atoms with Gasteiger partial charge in [0.25, 0.3) is 0 Å². The van der Waals surface area contributed by atoms with Crippen LogP contribution < -0.4 is 0 Å². The normalized spacial score (nSPS) is 19.9. The predicted octanol–water partition coefficient (Wildman–Crippen LogP) is 3.31. The minimum absolute atomic E-state index is 0.0384. The van der Waals surface area contributed by atoms with Gasteiger partial charge in [0.1, 0.15) is 10.7 Å². The highest BCUT2D eigenvalue weighted by Crippen LogP contribution is 2.36. The van der Waals surface area contributed by atoms with Crippen molar-refractivity contribution in [3.63, 3.8) is 0 Å². The molecule has 1 aliphatic rings. The first-order valence-electron chi connectivity index (χ1n) is 6.25. The van der Waals surface area contributed by atoms with Gasteiger partial charge in [-0.2, -0.15) is 5.10 Å². The third-order valence-corrected chi connectivity index (χ3v) is 3.77. The monoisotopic (exact) mass is 286 g/mol. The molecule has 1 aliphatic carbocycles. The quantitative estimate of drug-likeness (QED) is 0.851. The van der Waals surface area contributed by atoms with Gasteiger partial charge in [0.05, 0.1) is 12.4 Å². The van der Waals surface area contributed by atoms with Crippen molar-refractivity contribution in [3.8, 4) is 0 Å². The molecule has 3 rings (SSSR count). The van der Waals surface area contributed by atoms with Crippen molar-refractivity contribution in [2.24, 2.45) is 5.92 Å². The molecule has 0 aromatic carbocycles. The van der Waals surface area contributed by atoms with Gasteiger partial charge in [-0.15, -0.1) is 0 Å². The van der Waals surface area contributed by atoms with Crippen LogP contribution in [-0.4, -0.2) is 25.7 Å². The first kappa shape index (κ1) is 12.7. The van der Waals surface area contributed by atoms with Crippen molar-refractivity contribution in [2.75, 3.05) is 0 Å². The third kappa shape index (κ3) is 2.68. The van der Waals surface area contributed by atoms with E-state index in [1.54, 1.807) is 10.9 Å². The molecule has 0 aliphatic heterocycles. The van der Waals surface area contributed by atoms with E-state index in [1.165, 1.54) is 6.20 Å². The summed E-state index contributed by atoms with van der Waals surface area (Å²) in [6.07, 6.45) is 4.05. The molecule has 7 heteroatoms. The molecule has 1 fully saturated rings. The molecule has 0 radical (unpaired) electrons. The van der Waals surface area contributed by atoms with Gasteiger partial charge >= 0.3 is 0 Å². The summed E-state index contributed by atoms with van der Waals surface area (Å²) in [7, 11) is 0. The van der Waals surface area contributed by atoms with E-state index in [2.05, 4.69) is 15.1 Å². The fraction of sp³-hybridized carbons (Fsp3) is 0.583. The summed E-state index contributed by atoms with van der Waals surface area (Å²) in [4.78, 5) is 8.30. The number of aromatic nitrogens is 4. The second kappa shape index (κ2) is 4.67. The molecule has 19 heavy (non-hydrogen) atoms. The molecule has 2 heterocycles. The molecule has 0 saturated heterocycles. The molecule has 0 spiro atoms. The van der Waals surface area contributed by atoms with Crippen LogP contribution in [0.5, 0.6) is 0 Å². The van der Waals surface area contributed by atoms with Crippen LogP contribution in [-0.2, 0) is 6.54 Å². The highest BCUT2D eigenvalue weighted by molar-refractivity contribution is 6.29. The van der Waals surface area contributed by atoms with Gasteiger partial charge in [0.15, 0.2) is 5.65 Å². The number of alkyl halides is 2. The van der Waals surface area contributed by atoms with Gasteiger partial charge in [-0.1, -0.05) is 11.6 Å². The Morgan fingerprint density at radius 1 is 1.32 bits per heavy atom. The molecule has 2 aromatic heterocycles. The highest BCUT2D eigenvalue weighted by atomic mass is 35.5. The minimum atomic E-state index is -2.49. The van der Waals surface area contributed by atoms with Crippen LogP contribution >= 0.6 is 11.6 Å². The molecule has 2 aromatic rings. The Labute approximate surface area is 113 Å². The lowest BCUT2D eigenvalue weighted by Gasteiger charge is -2.28. The molecule has 0 bridgehead atoms. The lowest BCUT2D eigenvalue weighted by Crippen LogP contribution is -2.27. The fourth-order valence-corrected chi connectivity index (χ4v) is 2.62. The van der Waals surface area contributed by atoms with Crippen molar-refractivity contribution in [1.29, 1.82) is 0 Å². The summed E-state index contributed by atoms with van der Waals surface area (Å²) >= 11 is 5.81. The van der Waals surface area contributed by atoms with E-state index >= 15 is 0 Å².